The Hall–Kier alpha value is -1.56. The van der Waals surface area contributed by atoms with Gasteiger partial charge in [0.05, 0.1) is 11.5 Å². The van der Waals surface area contributed by atoms with E-state index in [0.717, 1.165) is 0 Å². The van der Waals surface area contributed by atoms with Crippen molar-refractivity contribution in [3.05, 3.63) is 58.6 Å². The molecule has 0 aliphatic rings. The summed E-state index contributed by atoms with van der Waals surface area (Å²) in [6.45, 7) is 1.68. The van der Waals surface area contributed by atoms with Crippen molar-refractivity contribution in [2.45, 2.75) is 24.8 Å². The van der Waals surface area contributed by atoms with E-state index in [1.165, 1.54) is 6.07 Å². The quantitative estimate of drug-likeness (QED) is 0.887. The third-order valence-corrected chi connectivity index (χ3v) is 4.80. The third-order valence-electron chi connectivity index (χ3n) is 3.08. The van der Waals surface area contributed by atoms with Gasteiger partial charge in [0, 0.05) is 10.7 Å². The highest BCUT2D eigenvalue weighted by atomic mass is 35.5. The van der Waals surface area contributed by atoms with Crippen molar-refractivity contribution in [1.29, 1.82) is 0 Å². The first-order chi connectivity index (χ1) is 9.96. The van der Waals surface area contributed by atoms with E-state index in [1.807, 2.05) is 6.92 Å². The van der Waals surface area contributed by atoms with Gasteiger partial charge in [-0.2, -0.15) is 0 Å². The van der Waals surface area contributed by atoms with Gasteiger partial charge in [-0.15, -0.1) is 0 Å². The molecule has 0 radical (unpaired) electrons. The van der Waals surface area contributed by atoms with E-state index in [1.54, 1.807) is 36.4 Å². The van der Waals surface area contributed by atoms with Crippen molar-refractivity contribution in [2.24, 2.45) is 0 Å². The number of hydrogen-bond acceptors (Lipinski definition) is 3. The van der Waals surface area contributed by atoms with E-state index >= 15 is 0 Å². The molecule has 0 aromatic heterocycles. The molecule has 0 spiro atoms. The highest BCUT2D eigenvalue weighted by Crippen LogP contribution is 2.23. The predicted molar refractivity (Wildman–Crippen MR) is 84.0 cm³/mol. The molecular weight excluding hydrogens is 310 g/mol. The Morgan fingerprint density at radius 1 is 1.14 bits per heavy atom. The Balaban J connectivity index is 2.41. The minimum atomic E-state index is -3.71. The Bertz CT molecular complexity index is 727. The molecule has 112 valence electrons. The number of benzene rings is 2. The molecule has 0 amide bonds. The molecule has 0 aliphatic heterocycles. The predicted octanol–water partition coefficient (Wildman–Crippen LogP) is 3.20. The number of sulfonamides is 1. The molecule has 0 saturated carbocycles. The molecule has 2 rings (SSSR count). The number of rotatable bonds is 5. The van der Waals surface area contributed by atoms with Crippen LogP contribution in [0.1, 0.15) is 18.1 Å². The van der Waals surface area contributed by atoms with Crippen molar-refractivity contribution in [1.82, 2.24) is 0 Å². The van der Waals surface area contributed by atoms with Gasteiger partial charge < -0.3 is 5.11 Å². The molecule has 21 heavy (non-hydrogen) atoms. The zero-order valence-corrected chi connectivity index (χ0v) is 13.1. The molecule has 2 aromatic carbocycles. The lowest BCUT2D eigenvalue weighted by Gasteiger charge is -2.12. The minimum Gasteiger partial charge on any atom is -0.392 e. The van der Waals surface area contributed by atoms with Crippen LogP contribution in [-0.2, 0) is 23.1 Å². The van der Waals surface area contributed by atoms with Crippen molar-refractivity contribution < 1.29 is 13.5 Å². The summed E-state index contributed by atoms with van der Waals surface area (Å²) in [7, 11) is -3.71. The summed E-state index contributed by atoms with van der Waals surface area (Å²) < 4.78 is 27.5. The zero-order chi connectivity index (χ0) is 15.5. The van der Waals surface area contributed by atoms with Gasteiger partial charge in [-0.05, 0) is 47.9 Å². The van der Waals surface area contributed by atoms with Crippen LogP contribution in [0.2, 0.25) is 5.02 Å². The number of anilines is 1. The molecule has 6 heteroatoms. The topological polar surface area (TPSA) is 66.4 Å². The van der Waals surface area contributed by atoms with Gasteiger partial charge in [-0.25, -0.2) is 8.42 Å². The molecule has 2 N–H and O–H groups in total. The van der Waals surface area contributed by atoms with Crippen molar-refractivity contribution >= 4 is 27.3 Å². The van der Waals surface area contributed by atoms with Crippen molar-refractivity contribution in [3.8, 4) is 0 Å². The van der Waals surface area contributed by atoms with Crippen LogP contribution in [0, 0.1) is 0 Å². The number of aliphatic hydroxyl groups excluding tert-OH is 1. The molecule has 4 nitrogen and oxygen atoms in total. The SMILES string of the molecule is CCc1ccc(CO)cc1S(=O)(=O)Nc1ccc(Cl)cc1. The standard InChI is InChI=1S/C15H16ClNO3S/c1-2-12-4-3-11(10-18)9-15(12)21(19,20)17-14-7-5-13(16)6-8-14/h3-9,17-18H,2,10H2,1H3. The van der Waals surface area contributed by atoms with Crippen LogP contribution in [0.15, 0.2) is 47.4 Å². The summed E-state index contributed by atoms with van der Waals surface area (Å²) in [6, 6.07) is 11.4. The Labute approximate surface area is 129 Å². The number of hydrogen-bond donors (Lipinski definition) is 2. The van der Waals surface area contributed by atoms with Crippen LogP contribution < -0.4 is 4.72 Å². The van der Waals surface area contributed by atoms with Crippen LogP contribution in [-0.4, -0.2) is 13.5 Å². The van der Waals surface area contributed by atoms with Crippen LogP contribution in [0.25, 0.3) is 0 Å². The molecule has 0 atom stereocenters. The van der Waals surface area contributed by atoms with Crippen LogP contribution in [0.3, 0.4) is 0 Å². The second-order valence-corrected chi connectivity index (χ2v) is 6.65. The molecule has 0 saturated heterocycles. The van der Waals surface area contributed by atoms with Crippen LogP contribution >= 0.6 is 11.6 Å². The highest BCUT2D eigenvalue weighted by molar-refractivity contribution is 7.92. The monoisotopic (exact) mass is 325 g/mol. The lowest BCUT2D eigenvalue weighted by Crippen LogP contribution is -2.15. The van der Waals surface area contributed by atoms with E-state index in [2.05, 4.69) is 4.72 Å². The first kappa shape index (κ1) is 15.8. The number of aliphatic hydroxyl groups is 1. The van der Waals surface area contributed by atoms with E-state index in [4.69, 9.17) is 11.6 Å². The van der Waals surface area contributed by atoms with Crippen molar-refractivity contribution in [3.63, 3.8) is 0 Å². The van der Waals surface area contributed by atoms with Crippen LogP contribution in [0.5, 0.6) is 0 Å². The molecule has 0 unspecified atom stereocenters. The maximum absolute atomic E-state index is 12.5. The molecular formula is C15H16ClNO3S. The van der Waals surface area contributed by atoms with E-state index < -0.39 is 10.0 Å². The summed E-state index contributed by atoms with van der Waals surface area (Å²) >= 11 is 5.78. The maximum atomic E-state index is 12.5. The first-order valence-corrected chi connectivity index (χ1v) is 8.33. The average molecular weight is 326 g/mol. The van der Waals surface area contributed by atoms with Gasteiger partial charge in [0.15, 0.2) is 0 Å². The maximum Gasteiger partial charge on any atom is 0.262 e. The Kier molecular flexibility index (Phi) is 4.88. The van der Waals surface area contributed by atoms with Gasteiger partial charge in [0.25, 0.3) is 10.0 Å². The summed E-state index contributed by atoms with van der Waals surface area (Å²) in [5, 5.41) is 9.72. The summed E-state index contributed by atoms with van der Waals surface area (Å²) in [6.07, 6.45) is 0.586. The normalized spacial score (nSPS) is 11.4. The highest BCUT2D eigenvalue weighted by Gasteiger charge is 2.18. The fourth-order valence-electron chi connectivity index (χ4n) is 1.97. The minimum absolute atomic E-state index is 0.187. The zero-order valence-electron chi connectivity index (χ0n) is 11.5. The fourth-order valence-corrected chi connectivity index (χ4v) is 3.51. The number of aryl methyl sites for hydroxylation is 1. The summed E-state index contributed by atoms with van der Waals surface area (Å²) in [4.78, 5) is 0.187. The largest absolute Gasteiger partial charge is 0.392 e. The second-order valence-electron chi connectivity index (χ2n) is 4.57. The van der Waals surface area contributed by atoms with E-state index in [0.29, 0.717) is 28.3 Å². The average Bonchev–Trinajstić information content (AvgIpc) is 2.48. The summed E-state index contributed by atoms with van der Waals surface area (Å²) in [5.74, 6) is 0. The number of halogens is 1. The lowest BCUT2D eigenvalue weighted by molar-refractivity contribution is 0.281. The Morgan fingerprint density at radius 2 is 1.81 bits per heavy atom. The van der Waals surface area contributed by atoms with Crippen molar-refractivity contribution in [2.75, 3.05) is 4.72 Å². The molecule has 2 aromatic rings. The van der Waals surface area contributed by atoms with Gasteiger partial charge in [-0.3, -0.25) is 4.72 Å². The molecule has 0 heterocycles. The summed E-state index contributed by atoms with van der Waals surface area (Å²) in [5.41, 5.74) is 1.70. The Morgan fingerprint density at radius 3 is 2.38 bits per heavy atom. The van der Waals surface area contributed by atoms with Gasteiger partial charge in [0.2, 0.25) is 0 Å². The fraction of sp³-hybridized carbons (Fsp3) is 0.200. The van der Waals surface area contributed by atoms with Gasteiger partial charge >= 0.3 is 0 Å². The second kappa shape index (κ2) is 6.47. The molecule has 0 aliphatic carbocycles. The third kappa shape index (κ3) is 3.75. The number of nitrogens with one attached hydrogen (secondary N) is 1. The molecule has 0 bridgehead atoms. The van der Waals surface area contributed by atoms with Gasteiger partial charge in [-0.1, -0.05) is 30.7 Å². The van der Waals surface area contributed by atoms with Gasteiger partial charge in [0.1, 0.15) is 0 Å². The van der Waals surface area contributed by atoms with Crippen LogP contribution in [0.4, 0.5) is 5.69 Å². The molecule has 0 fully saturated rings. The smallest absolute Gasteiger partial charge is 0.262 e. The van der Waals surface area contributed by atoms with E-state index in [-0.39, 0.29) is 11.5 Å². The lowest BCUT2D eigenvalue weighted by atomic mass is 10.1. The van der Waals surface area contributed by atoms with E-state index in [9.17, 15) is 13.5 Å². The first-order valence-electron chi connectivity index (χ1n) is 6.47.